The van der Waals surface area contributed by atoms with E-state index >= 15 is 0 Å². The molecule has 1 fully saturated rings. The summed E-state index contributed by atoms with van der Waals surface area (Å²) >= 11 is 0. The van der Waals surface area contributed by atoms with E-state index in [1.54, 1.807) is 6.92 Å². The SMILES string of the molecule is CCS(=O)(=O)N1CCOC(C(=O)NC)C1. The van der Waals surface area contributed by atoms with E-state index in [-0.39, 0.29) is 24.8 Å². The fourth-order valence-corrected chi connectivity index (χ4v) is 2.46. The molecule has 15 heavy (non-hydrogen) atoms. The van der Waals surface area contributed by atoms with Crippen LogP contribution in [-0.2, 0) is 19.6 Å². The molecular weight excluding hydrogens is 220 g/mol. The second-order valence-electron chi connectivity index (χ2n) is 3.23. The Morgan fingerprint density at radius 3 is 2.80 bits per heavy atom. The zero-order valence-electron chi connectivity index (χ0n) is 8.89. The summed E-state index contributed by atoms with van der Waals surface area (Å²) in [6.45, 7) is 2.27. The van der Waals surface area contributed by atoms with Crippen LogP contribution < -0.4 is 5.32 Å². The molecule has 6 nitrogen and oxygen atoms in total. The molecule has 0 saturated carbocycles. The Labute approximate surface area is 89.6 Å². The number of hydrogen-bond donors (Lipinski definition) is 1. The van der Waals surface area contributed by atoms with E-state index < -0.39 is 16.1 Å². The summed E-state index contributed by atoms with van der Waals surface area (Å²) in [4.78, 5) is 11.3. The van der Waals surface area contributed by atoms with Crippen LogP contribution in [0.4, 0.5) is 0 Å². The fraction of sp³-hybridized carbons (Fsp3) is 0.875. The quantitative estimate of drug-likeness (QED) is 0.666. The molecule has 0 bridgehead atoms. The second-order valence-corrected chi connectivity index (χ2v) is 5.49. The van der Waals surface area contributed by atoms with Gasteiger partial charge in [0, 0.05) is 20.1 Å². The van der Waals surface area contributed by atoms with Crippen molar-refractivity contribution >= 4 is 15.9 Å². The van der Waals surface area contributed by atoms with Crippen molar-refractivity contribution in [2.45, 2.75) is 13.0 Å². The Hall–Kier alpha value is -0.660. The Morgan fingerprint density at radius 1 is 1.60 bits per heavy atom. The number of morpholine rings is 1. The van der Waals surface area contributed by atoms with E-state index in [1.165, 1.54) is 11.4 Å². The summed E-state index contributed by atoms with van der Waals surface area (Å²) in [7, 11) is -1.72. The maximum Gasteiger partial charge on any atom is 0.250 e. The lowest BCUT2D eigenvalue weighted by Gasteiger charge is -2.30. The average Bonchev–Trinajstić information content (AvgIpc) is 2.28. The predicted molar refractivity (Wildman–Crippen MR) is 54.8 cm³/mol. The monoisotopic (exact) mass is 236 g/mol. The van der Waals surface area contributed by atoms with Crippen molar-refractivity contribution in [2.75, 3.05) is 32.5 Å². The molecule has 1 amide bonds. The number of amides is 1. The Bertz CT molecular complexity index is 328. The number of ether oxygens (including phenoxy) is 1. The molecule has 0 spiro atoms. The highest BCUT2D eigenvalue weighted by Gasteiger charge is 2.31. The largest absolute Gasteiger partial charge is 0.366 e. The highest BCUT2D eigenvalue weighted by Crippen LogP contribution is 2.10. The van der Waals surface area contributed by atoms with Crippen molar-refractivity contribution in [3.05, 3.63) is 0 Å². The molecular formula is C8H16N2O4S. The lowest BCUT2D eigenvalue weighted by molar-refractivity contribution is -0.135. The van der Waals surface area contributed by atoms with Gasteiger partial charge in [0.2, 0.25) is 15.9 Å². The normalized spacial score (nSPS) is 23.7. The molecule has 88 valence electrons. The van der Waals surface area contributed by atoms with E-state index in [0.717, 1.165) is 0 Å². The van der Waals surface area contributed by atoms with Crippen molar-refractivity contribution in [1.82, 2.24) is 9.62 Å². The summed E-state index contributed by atoms with van der Waals surface area (Å²) in [5, 5.41) is 2.44. The van der Waals surface area contributed by atoms with Gasteiger partial charge in [0.25, 0.3) is 0 Å². The van der Waals surface area contributed by atoms with Gasteiger partial charge in [-0.1, -0.05) is 0 Å². The summed E-state index contributed by atoms with van der Waals surface area (Å²) in [5.41, 5.74) is 0. The number of likely N-dealkylation sites (N-methyl/N-ethyl adjacent to an activating group) is 1. The van der Waals surface area contributed by atoms with Gasteiger partial charge >= 0.3 is 0 Å². The molecule has 1 heterocycles. The molecule has 1 rings (SSSR count). The van der Waals surface area contributed by atoms with Crippen LogP contribution in [0.1, 0.15) is 6.92 Å². The maximum atomic E-state index is 11.5. The minimum Gasteiger partial charge on any atom is -0.366 e. The van der Waals surface area contributed by atoms with Crippen LogP contribution in [-0.4, -0.2) is 57.2 Å². The van der Waals surface area contributed by atoms with Crippen LogP contribution in [0.5, 0.6) is 0 Å². The van der Waals surface area contributed by atoms with E-state index in [4.69, 9.17) is 4.74 Å². The molecule has 1 saturated heterocycles. The van der Waals surface area contributed by atoms with E-state index in [2.05, 4.69) is 5.32 Å². The van der Waals surface area contributed by atoms with E-state index in [1.807, 2.05) is 0 Å². The van der Waals surface area contributed by atoms with Crippen molar-refractivity contribution in [3.8, 4) is 0 Å². The summed E-state index contributed by atoms with van der Waals surface area (Å²) < 4.78 is 29.6. The first-order valence-electron chi connectivity index (χ1n) is 4.82. The van der Waals surface area contributed by atoms with E-state index in [0.29, 0.717) is 6.54 Å². The highest BCUT2D eigenvalue weighted by atomic mass is 32.2. The summed E-state index contributed by atoms with van der Waals surface area (Å²) in [5.74, 6) is -0.237. The third-order valence-corrected chi connectivity index (χ3v) is 4.17. The van der Waals surface area contributed by atoms with Crippen LogP contribution in [0.3, 0.4) is 0 Å². The molecule has 1 unspecified atom stereocenters. The minimum atomic E-state index is -3.22. The number of carbonyl (C=O) groups excluding carboxylic acids is 1. The Morgan fingerprint density at radius 2 is 2.27 bits per heavy atom. The van der Waals surface area contributed by atoms with Gasteiger partial charge in [-0.2, -0.15) is 4.31 Å². The first kappa shape index (κ1) is 12.4. The standard InChI is InChI=1S/C8H16N2O4S/c1-3-15(12,13)10-4-5-14-7(6-10)8(11)9-2/h7H,3-6H2,1-2H3,(H,9,11). The van der Waals surface area contributed by atoms with Crippen molar-refractivity contribution in [1.29, 1.82) is 0 Å². The summed E-state index contributed by atoms with van der Waals surface area (Å²) in [6, 6.07) is 0. The van der Waals surface area contributed by atoms with Crippen LogP contribution in [0.15, 0.2) is 0 Å². The molecule has 0 aromatic carbocycles. The van der Waals surface area contributed by atoms with Crippen LogP contribution >= 0.6 is 0 Å². The number of nitrogens with one attached hydrogen (secondary N) is 1. The topological polar surface area (TPSA) is 75.7 Å². The Balaban J connectivity index is 2.68. The van der Waals surface area contributed by atoms with Crippen molar-refractivity contribution in [2.24, 2.45) is 0 Å². The molecule has 0 aromatic rings. The number of nitrogens with zero attached hydrogens (tertiary/aromatic N) is 1. The lowest BCUT2D eigenvalue weighted by Crippen LogP contribution is -2.51. The molecule has 0 aromatic heterocycles. The third-order valence-electron chi connectivity index (χ3n) is 2.33. The molecule has 1 atom stereocenters. The molecule has 1 N–H and O–H groups in total. The first-order valence-corrected chi connectivity index (χ1v) is 6.43. The van der Waals surface area contributed by atoms with Gasteiger partial charge in [-0.05, 0) is 6.92 Å². The highest BCUT2D eigenvalue weighted by molar-refractivity contribution is 7.89. The molecule has 7 heteroatoms. The molecule has 0 aliphatic carbocycles. The zero-order valence-corrected chi connectivity index (χ0v) is 9.71. The van der Waals surface area contributed by atoms with E-state index in [9.17, 15) is 13.2 Å². The van der Waals surface area contributed by atoms with Gasteiger partial charge in [-0.15, -0.1) is 0 Å². The van der Waals surface area contributed by atoms with Crippen LogP contribution in [0, 0.1) is 0 Å². The zero-order chi connectivity index (χ0) is 11.5. The lowest BCUT2D eigenvalue weighted by atomic mass is 10.3. The first-order chi connectivity index (χ1) is 7.01. The number of rotatable bonds is 3. The molecule has 1 aliphatic heterocycles. The van der Waals surface area contributed by atoms with Gasteiger partial charge in [0.05, 0.1) is 12.4 Å². The third kappa shape index (κ3) is 2.90. The second kappa shape index (κ2) is 4.91. The number of carbonyl (C=O) groups is 1. The summed E-state index contributed by atoms with van der Waals surface area (Å²) in [6.07, 6.45) is -0.690. The Kier molecular flexibility index (Phi) is 4.06. The smallest absolute Gasteiger partial charge is 0.250 e. The van der Waals surface area contributed by atoms with Crippen LogP contribution in [0.2, 0.25) is 0 Å². The van der Waals surface area contributed by atoms with Gasteiger partial charge in [0.15, 0.2) is 0 Å². The van der Waals surface area contributed by atoms with Gasteiger partial charge in [-0.3, -0.25) is 4.79 Å². The maximum absolute atomic E-state index is 11.5. The number of sulfonamides is 1. The fourth-order valence-electron chi connectivity index (χ4n) is 1.38. The van der Waals surface area contributed by atoms with Crippen molar-refractivity contribution < 1.29 is 17.9 Å². The average molecular weight is 236 g/mol. The van der Waals surface area contributed by atoms with Gasteiger partial charge in [-0.25, -0.2) is 8.42 Å². The van der Waals surface area contributed by atoms with Crippen LogP contribution in [0.25, 0.3) is 0 Å². The minimum absolute atomic E-state index is 0.0491. The predicted octanol–water partition coefficient (Wildman–Crippen LogP) is -1.22. The molecule has 0 radical (unpaired) electrons. The van der Waals surface area contributed by atoms with Crippen molar-refractivity contribution in [3.63, 3.8) is 0 Å². The number of hydrogen-bond acceptors (Lipinski definition) is 4. The van der Waals surface area contributed by atoms with Gasteiger partial charge < -0.3 is 10.1 Å². The van der Waals surface area contributed by atoms with Gasteiger partial charge in [0.1, 0.15) is 6.10 Å². The molecule has 1 aliphatic rings.